The van der Waals surface area contributed by atoms with Crippen molar-refractivity contribution >= 4 is 65.6 Å². The van der Waals surface area contributed by atoms with Crippen LogP contribution in [0.3, 0.4) is 0 Å². The van der Waals surface area contributed by atoms with Crippen LogP contribution in [0.25, 0.3) is 122 Å². The van der Waals surface area contributed by atoms with E-state index in [2.05, 4.69) is 178 Å². The first kappa shape index (κ1) is 38.1. The second-order valence-corrected chi connectivity index (χ2v) is 17.5. The van der Waals surface area contributed by atoms with Crippen molar-refractivity contribution in [3.63, 3.8) is 0 Å². The summed E-state index contributed by atoms with van der Waals surface area (Å²) in [5.41, 5.74) is 17.7. The fourth-order valence-electron chi connectivity index (χ4n) is 10.5. The molecular weight excluding hydrogens is 805 g/mol. The van der Waals surface area contributed by atoms with Gasteiger partial charge in [0.05, 0.1) is 0 Å². The van der Waals surface area contributed by atoms with Gasteiger partial charge in [0, 0.05) is 33.2 Å². The van der Waals surface area contributed by atoms with E-state index < -0.39 is 0 Å². The van der Waals surface area contributed by atoms with Crippen LogP contribution in [0, 0.1) is 6.92 Å². The van der Waals surface area contributed by atoms with Crippen molar-refractivity contribution in [2.75, 3.05) is 0 Å². The second kappa shape index (κ2) is 15.1. The lowest BCUT2D eigenvalue weighted by atomic mass is 9.81. The predicted molar refractivity (Wildman–Crippen MR) is 273 cm³/mol. The molecule has 3 heterocycles. The highest BCUT2D eigenvalue weighted by Crippen LogP contribution is 2.45. The van der Waals surface area contributed by atoms with Gasteiger partial charge in [0.2, 0.25) is 0 Å². The maximum Gasteiger partial charge on any atom is 0.180 e. The molecule has 4 heteroatoms. The average molecular weight is 847 g/mol. The summed E-state index contributed by atoms with van der Waals surface area (Å²) >= 11 is 0. The molecule has 0 fully saturated rings. The highest BCUT2D eigenvalue weighted by molar-refractivity contribution is 6.33. The molecule has 0 saturated carbocycles. The molecule has 312 valence electrons. The van der Waals surface area contributed by atoms with E-state index in [9.17, 15) is 0 Å². The first-order chi connectivity index (χ1) is 32.6. The maximum atomic E-state index is 6.79. The summed E-state index contributed by atoms with van der Waals surface area (Å²) in [6.07, 6.45) is 0.967. The molecule has 0 aliphatic carbocycles. The lowest BCUT2D eigenvalue weighted by Crippen LogP contribution is -2.03. The molecule has 4 nitrogen and oxygen atoms in total. The Morgan fingerprint density at radius 1 is 0.424 bits per heavy atom. The fourth-order valence-corrected chi connectivity index (χ4v) is 10.5. The van der Waals surface area contributed by atoms with E-state index in [4.69, 9.17) is 18.8 Å². The third-order valence-corrected chi connectivity index (χ3v) is 13.7. The van der Waals surface area contributed by atoms with Gasteiger partial charge in [-0.05, 0) is 127 Å². The maximum absolute atomic E-state index is 6.79. The molecule has 1 atom stereocenters. The minimum Gasteiger partial charge on any atom is -0.456 e. The Kier molecular flexibility index (Phi) is 8.75. The molecule has 13 rings (SSSR count). The molecule has 3 aromatic heterocycles. The van der Waals surface area contributed by atoms with Crippen LogP contribution in [0.5, 0.6) is 0 Å². The quantitative estimate of drug-likeness (QED) is 0.143. The van der Waals surface area contributed by atoms with E-state index in [0.29, 0.717) is 11.4 Å². The lowest BCUT2D eigenvalue weighted by molar-refractivity contribution is 0.667. The molecule has 0 saturated heterocycles. The number of aromatic nitrogens is 2. The number of fused-ring (bicyclic) bond motifs is 6. The number of hydrogen-bond donors (Lipinski definition) is 0. The summed E-state index contributed by atoms with van der Waals surface area (Å²) in [7, 11) is 0. The molecule has 0 aliphatic rings. The number of rotatable bonds is 8. The molecule has 0 N–H and O–H groups in total. The van der Waals surface area contributed by atoms with Gasteiger partial charge in [-0.2, -0.15) is 0 Å². The van der Waals surface area contributed by atoms with Crippen LogP contribution in [-0.2, 0) is 0 Å². The van der Waals surface area contributed by atoms with Crippen molar-refractivity contribution in [1.82, 2.24) is 9.97 Å². The summed E-state index contributed by atoms with van der Waals surface area (Å²) in [4.78, 5) is 10.2. The third-order valence-electron chi connectivity index (χ3n) is 13.7. The normalized spacial score (nSPS) is 12.4. The van der Waals surface area contributed by atoms with E-state index >= 15 is 0 Å². The van der Waals surface area contributed by atoms with Gasteiger partial charge in [-0.3, -0.25) is 0 Å². The van der Waals surface area contributed by atoms with Crippen LogP contribution in [0.2, 0.25) is 0 Å². The Hall–Kier alpha value is -8.34. The summed E-state index contributed by atoms with van der Waals surface area (Å²) in [5.74, 6) is 0.883. The van der Waals surface area contributed by atoms with Gasteiger partial charge in [-0.1, -0.05) is 165 Å². The minimum absolute atomic E-state index is 0.209. The Morgan fingerprint density at radius 2 is 1.02 bits per heavy atom. The number of aryl methyl sites for hydroxylation is 1. The topological polar surface area (TPSA) is 52.1 Å². The first-order valence-electron chi connectivity index (χ1n) is 22.8. The van der Waals surface area contributed by atoms with Crippen LogP contribution in [0.1, 0.15) is 36.0 Å². The van der Waals surface area contributed by atoms with Crippen LogP contribution in [0.4, 0.5) is 0 Å². The van der Waals surface area contributed by atoms with Crippen molar-refractivity contribution in [3.8, 4) is 56.0 Å². The van der Waals surface area contributed by atoms with Crippen molar-refractivity contribution in [2.24, 2.45) is 0 Å². The number of benzene rings is 10. The Bertz CT molecular complexity index is 3980. The van der Waals surface area contributed by atoms with Gasteiger partial charge in [0.15, 0.2) is 11.4 Å². The van der Waals surface area contributed by atoms with Gasteiger partial charge in [-0.25, -0.2) is 9.97 Å². The smallest absolute Gasteiger partial charge is 0.180 e. The standard InChI is InChI=1S/C62H42N2O2/c1-3-45(38-15-7-4-8-16-38)46-30-27-43(44-29-32-50-56(36-44)66-61-59(39-17-9-5-10-18-39)63-62(64-60(50)61)40-19-11-6-12-20-40)35-53(46)51-33-41(26-25-37(51)2)42-28-31-47-48-21-13-23-54-57(48)58-49(52(47)34-42)22-14-24-55(58)65-54/h4-36,45H,3H2,1-2H3. The van der Waals surface area contributed by atoms with Crippen molar-refractivity contribution in [1.29, 1.82) is 0 Å². The zero-order valence-electron chi connectivity index (χ0n) is 36.5. The summed E-state index contributed by atoms with van der Waals surface area (Å²) in [6, 6.07) is 71.7. The summed E-state index contributed by atoms with van der Waals surface area (Å²) < 4.78 is 13.1. The molecule has 66 heavy (non-hydrogen) atoms. The zero-order valence-corrected chi connectivity index (χ0v) is 36.5. The monoisotopic (exact) mass is 846 g/mol. The molecule has 0 bridgehead atoms. The molecular formula is C62H42N2O2. The zero-order chi connectivity index (χ0) is 43.9. The van der Waals surface area contributed by atoms with Crippen molar-refractivity contribution < 1.29 is 8.83 Å². The number of nitrogens with zero attached hydrogens (tertiary/aromatic N) is 2. The molecule has 0 aliphatic heterocycles. The Labute approximate surface area is 381 Å². The van der Waals surface area contributed by atoms with Crippen LogP contribution in [-0.4, -0.2) is 9.97 Å². The molecule has 13 aromatic rings. The SMILES string of the molecule is CCC(c1ccccc1)c1ccc(-c2ccc3c(c2)oc2c(-c4ccccc4)nc(-c4ccccc4)nc23)cc1-c1cc(-c2ccc3c(c2)c2cccc4oc5cccc3c5c42)ccc1C. The highest BCUT2D eigenvalue weighted by Gasteiger charge is 2.23. The lowest BCUT2D eigenvalue weighted by Gasteiger charge is -2.22. The van der Waals surface area contributed by atoms with Crippen LogP contribution >= 0.6 is 0 Å². The van der Waals surface area contributed by atoms with Crippen molar-refractivity contribution in [3.05, 3.63) is 217 Å². The first-order valence-corrected chi connectivity index (χ1v) is 22.8. The predicted octanol–water partition coefficient (Wildman–Crippen LogP) is 17.2. The van der Waals surface area contributed by atoms with Crippen LogP contribution in [0.15, 0.2) is 209 Å². The largest absolute Gasteiger partial charge is 0.456 e. The van der Waals surface area contributed by atoms with Gasteiger partial charge in [0.25, 0.3) is 0 Å². The van der Waals surface area contributed by atoms with E-state index in [-0.39, 0.29) is 5.92 Å². The Morgan fingerprint density at radius 3 is 1.73 bits per heavy atom. The van der Waals surface area contributed by atoms with Crippen LogP contribution < -0.4 is 0 Å². The van der Waals surface area contributed by atoms with Gasteiger partial charge < -0.3 is 8.83 Å². The Balaban J connectivity index is 0.977. The number of furan rings is 2. The fraction of sp³-hybridized carbons (Fsp3) is 0.0645. The molecule has 1 unspecified atom stereocenters. The molecule has 0 spiro atoms. The molecule has 0 amide bonds. The van der Waals surface area contributed by atoms with E-state index in [0.717, 1.165) is 62.0 Å². The third kappa shape index (κ3) is 6.06. The second-order valence-electron chi connectivity index (χ2n) is 17.5. The average Bonchev–Trinajstić information content (AvgIpc) is 3.96. The highest BCUT2D eigenvalue weighted by atomic mass is 16.3. The van der Waals surface area contributed by atoms with E-state index in [1.807, 2.05) is 36.4 Å². The van der Waals surface area contributed by atoms with E-state index in [1.165, 1.54) is 71.3 Å². The summed E-state index contributed by atoms with van der Waals surface area (Å²) in [6.45, 7) is 4.53. The minimum atomic E-state index is 0.209. The van der Waals surface area contributed by atoms with E-state index in [1.54, 1.807) is 0 Å². The van der Waals surface area contributed by atoms with Gasteiger partial charge in [0.1, 0.15) is 28.0 Å². The molecule has 0 radical (unpaired) electrons. The molecule has 10 aromatic carbocycles. The number of hydrogen-bond acceptors (Lipinski definition) is 4. The summed E-state index contributed by atoms with van der Waals surface area (Å²) in [5, 5.41) is 8.29. The van der Waals surface area contributed by atoms with Gasteiger partial charge >= 0.3 is 0 Å². The van der Waals surface area contributed by atoms with Crippen molar-refractivity contribution in [2.45, 2.75) is 26.2 Å². The van der Waals surface area contributed by atoms with Gasteiger partial charge in [-0.15, -0.1) is 0 Å².